The first-order chi connectivity index (χ1) is 10.4. The molecular formula is C14H15N3O4S. The van der Waals surface area contributed by atoms with Gasteiger partial charge in [0, 0.05) is 13.6 Å². The molecule has 2 heterocycles. The van der Waals surface area contributed by atoms with Crippen molar-refractivity contribution in [3.63, 3.8) is 0 Å². The maximum atomic E-state index is 12.7. The second kappa shape index (κ2) is 5.22. The Labute approximate surface area is 127 Å². The highest BCUT2D eigenvalue weighted by Gasteiger charge is 2.38. The summed E-state index contributed by atoms with van der Waals surface area (Å²) in [7, 11) is -2.03. The number of aryl methyl sites for hydroxylation is 1. The van der Waals surface area contributed by atoms with Gasteiger partial charge in [-0.3, -0.25) is 4.79 Å². The lowest BCUT2D eigenvalue weighted by atomic mass is 10.0. The summed E-state index contributed by atoms with van der Waals surface area (Å²) >= 11 is 0. The summed E-state index contributed by atoms with van der Waals surface area (Å²) in [6.07, 6.45) is 1.51. The number of imidazole rings is 1. The molecule has 0 aliphatic carbocycles. The first-order valence-corrected chi connectivity index (χ1v) is 8.13. The maximum Gasteiger partial charge on any atom is 0.313 e. The average molecular weight is 321 g/mol. The van der Waals surface area contributed by atoms with Crippen molar-refractivity contribution >= 4 is 16.0 Å². The first-order valence-electron chi connectivity index (χ1n) is 6.69. The molecule has 1 aromatic heterocycles. The quantitative estimate of drug-likeness (QED) is 0.902. The van der Waals surface area contributed by atoms with Gasteiger partial charge in [0.2, 0.25) is 10.0 Å². The third-order valence-corrected chi connectivity index (χ3v) is 5.61. The summed E-state index contributed by atoms with van der Waals surface area (Å²) in [4.78, 5) is 15.8. The molecule has 0 amide bonds. The summed E-state index contributed by atoms with van der Waals surface area (Å²) in [5.74, 6) is -1.98. The molecule has 8 heteroatoms. The van der Waals surface area contributed by atoms with E-state index in [9.17, 15) is 18.3 Å². The van der Waals surface area contributed by atoms with Gasteiger partial charge in [0.1, 0.15) is 5.92 Å². The van der Waals surface area contributed by atoms with E-state index >= 15 is 0 Å². The van der Waals surface area contributed by atoms with Crippen LogP contribution in [0.3, 0.4) is 0 Å². The Hall–Kier alpha value is -2.19. The average Bonchev–Trinajstić information content (AvgIpc) is 2.88. The topological polar surface area (TPSA) is 92.5 Å². The molecule has 1 aliphatic rings. The van der Waals surface area contributed by atoms with Gasteiger partial charge in [0.25, 0.3) is 0 Å². The Morgan fingerprint density at radius 3 is 2.64 bits per heavy atom. The van der Waals surface area contributed by atoms with E-state index in [-0.39, 0.29) is 18.0 Å². The van der Waals surface area contributed by atoms with Gasteiger partial charge < -0.3 is 9.67 Å². The van der Waals surface area contributed by atoms with Crippen LogP contribution in [0.15, 0.2) is 41.6 Å². The van der Waals surface area contributed by atoms with Gasteiger partial charge in [-0.2, -0.15) is 4.31 Å². The van der Waals surface area contributed by atoms with Crippen LogP contribution in [0.2, 0.25) is 0 Å². The van der Waals surface area contributed by atoms with Crippen molar-refractivity contribution in [1.82, 2.24) is 13.9 Å². The number of carbonyl (C=O) groups is 1. The van der Waals surface area contributed by atoms with Crippen molar-refractivity contribution in [2.24, 2.45) is 7.05 Å². The van der Waals surface area contributed by atoms with Gasteiger partial charge in [-0.25, -0.2) is 13.4 Å². The standard InChI is InChI=1S/C14H15N3O4S/c1-16-9-15-12-8-17(7-11(13(12)16)14(18)19)22(20,21)10-5-3-2-4-6-10/h2-6,9,11H,7-8H2,1H3,(H,18,19)/t11-/m0/s1. The summed E-state index contributed by atoms with van der Waals surface area (Å²) in [5.41, 5.74) is 1.05. The molecule has 1 N–H and O–H groups in total. The zero-order valence-electron chi connectivity index (χ0n) is 11.9. The molecule has 3 rings (SSSR count). The lowest BCUT2D eigenvalue weighted by Gasteiger charge is -2.30. The fraction of sp³-hybridized carbons (Fsp3) is 0.286. The summed E-state index contributed by atoms with van der Waals surface area (Å²) in [5, 5.41) is 9.42. The monoisotopic (exact) mass is 321 g/mol. The zero-order chi connectivity index (χ0) is 15.9. The Bertz CT molecular complexity index is 814. The molecule has 0 unspecified atom stereocenters. The van der Waals surface area contributed by atoms with E-state index in [1.165, 1.54) is 22.8 Å². The Kier molecular flexibility index (Phi) is 3.50. The van der Waals surface area contributed by atoms with Crippen molar-refractivity contribution in [1.29, 1.82) is 0 Å². The predicted octanol–water partition coefficient (Wildman–Crippen LogP) is 0.793. The van der Waals surface area contributed by atoms with Gasteiger partial charge in [0.05, 0.1) is 29.2 Å². The van der Waals surface area contributed by atoms with E-state index in [0.29, 0.717) is 11.4 Å². The molecule has 22 heavy (non-hydrogen) atoms. The van der Waals surface area contributed by atoms with Gasteiger partial charge in [-0.1, -0.05) is 18.2 Å². The maximum absolute atomic E-state index is 12.7. The molecule has 7 nitrogen and oxygen atoms in total. The number of rotatable bonds is 3. The minimum absolute atomic E-state index is 0.0805. The minimum Gasteiger partial charge on any atom is -0.481 e. The Morgan fingerprint density at radius 2 is 2.00 bits per heavy atom. The number of carboxylic acids is 1. The van der Waals surface area contributed by atoms with Crippen molar-refractivity contribution in [2.75, 3.05) is 6.54 Å². The smallest absolute Gasteiger partial charge is 0.313 e. The molecule has 1 aliphatic heterocycles. The molecule has 0 fully saturated rings. The number of aromatic nitrogens is 2. The molecule has 1 atom stereocenters. The van der Waals surface area contributed by atoms with Crippen LogP contribution in [0, 0.1) is 0 Å². The summed E-state index contributed by atoms with van der Waals surface area (Å²) in [6.45, 7) is -0.0176. The van der Waals surface area contributed by atoms with E-state index < -0.39 is 21.9 Å². The highest BCUT2D eigenvalue weighted by Crippen LogP contribution is 2.31. The predicted molar refractivity (Wildman–Crippen MR) is 77.6 cm³/mol. The van der Waals surface area contributed by atoms with Gasteiger partial charge >= 0.3 is 5.97 Å². The third kappa shape index (κ3) is 2.30. The van der Waals surface area contributed by atoms with Crippen LogP contribution in [0.4, 0.5) is 0 Å². The number of hydrogen-bond donors (Lipinski definition) is 1. The number of hydrogen-bond acceptors (Lipinski definition) is 4. The van der Waals surface area contributed by atoms with E-state index in [4.69, 9.17) is 0 Å². The highest BCUT2D eigenvalue weighted by molar-refractivity contribution is 7.89. The minimum atomic E-state index is -3.74. The lowest BCUT2D eigenvalue weighted by molar-refractivity contribution is -0.139. The van der Waals surface area contributed by atoms with Crippen LogP contribution in [-0.2, 0) is 28.4 Å². The van der Waals surface area contributed by atoms with Gasteiger partial charge in [-0.05, 0) is 12.1 Å². The molecule has 116 valence electrons. The molecule has 0 saturated carbocycles. The van der Waals surface area contributed by atoms with E-state index in [2.05, 4.69) is 4.98 Å². The lowest BCUT2D eigenvalue weighted by Crippen LogP contribution is -2.41. The van der Waals surface area contributed by atoms with Crippen molar-refractivity contribution in [3.8, 4) is 0 Å². The number of carboxylic acid groups (broad SMARTS) is 1. The van der Waals surface area contributed by atoms with Crippen LogP contribution in [0.25, 0.3) is 0 Å². The number of fused-ring (bicyclic) bond motifs is 1. The molecule has 2 aromatic rings. The number of aliphatic carboxylic acids is 1. The second-order valence-electron chi connectivity index (χ2n) is 5.19. The van der Waals surface area contributed by atoms with E-state index in [1.807, 2.05) is 0 Å². The summed E-state index contributed by atoms with van der Waals surface area (Å²) < 4.78 is 28.2. The Balaban J connectivity index is 2.03. The van der Waals surface area contributed by atoms with E-state index in [1.54, 1.807) is 29.8 Å². The van der Waals surface area contributed by atoms with Crippen molar-refractivity contribution in [2.45, 2.75) is 17.4 Å². The normalized spacial score (nSPS) is 18.9. The van der Waals surface area contributed by atoms with Crippen molar-refractivity contribution in [3.05, 3.63) is 48.0 Å². The summed E-state index contributed by atoms with van der Waals surface area (Å²) in [6, 6.07) is 8.00. The van der Waals surface area contributed by atoms with Crippen LogP contribution in [0.5, 0.6) is 0 Å². The molecular weight excluding hydrogens is 306 g/mol. The van der Waals surface area contributed by atoms with E-state index in [0.717, 1.165) is 0 Å². The third-order valence-electron chi connectivity index (χ3n) is 3.78. The van der Waals surface area contributed by atoms with Crippen LogP contribution >= 0.6 is 0 Å². The van der Waals surface area contributed by atoms with Crippen molar-refractivity contribution < 1.29 is 18.3 Å². The first kappa shape index (κ1) is 14.7. The second-order valence-corrected chi connectivity index (χ2v) is 7.13. The van der Waals surface area contributed by atoms with Gasteiger partial charge in [-0.15, -0.1) is 0 Å². The fourth-order valence-electron chi connectivity index (χ4n) is 2.70. The number of benzene rings is 1. The number of nitrogens with zero attached hydrogens (tertiary/aromatic N) is 3. The molecule has 1 aromatic carbocycles. The molecule has 0 spiro atoms. The highest BCUT2D eigenvalue weighted by atomic mass is 32.2. The molecule has 0 radical (unpaired) electrons. The Morgan fingerprint density at radius 1 is 1.32 bits per heavy atom. The van der Waals surface area contributed by atoms with Crippen LogP contribution < -0.4 is 0 Å². The molecule has 0 bridgehead atoms. The van der Waals surface area contributed by atoms with Crippen LogP contribution in [-0.4, -0.2) is 39.9 Å². The zero-order valence-corrected chi connectivity index (χ0v) is 12.7. The fourth-order valence-corrected chi connectivity index (χ4v) is 4.14. The largest absolute Gasteiger partial charge is 0.481 e. The van der Waals surface area contributed by atoms with Gasteiger partial charge in [0.15, 0.2) is 0 Å². The molecule has 0 saturated heterocycles. The number of sulfonamides is 1. The van der Waals surface area contributed by atoms with Crippen LogP contribution in [0.1, 0.15) is 17.3 Å². The SMILES string of the molecule is Cn1cnc2c1[C@@H](C(=O)O)CN(S(=O)(=O)c1ccccc1)C2.